The van der Waals surface area contributed by atoms with E-state index in [0.717, 1.165) is 4.90 Å². The Labute approximate surface area is 99.7 Å². The zero-order chi connectivity index (χ0) is 12.8. The van der Waals surface area contributed by atoms with Gasteiger partial charge in [0.25, 0.3) is 5.91 Å². The summed E-state index contributed by atoms with van der Waals surface area (Å²) in [6, 6.07) is 0. The highest BCUT2D eigenvalue weighted by molar-refractivity contribution is 5.85. The van der Waals surface area contributed by atoms with Crippen LogP contribution in [0.1, 0.15) is 12.8 Å². The van der Waals surface area contributed by atoms with E-state index in [4.69, 9.17) is 22.0 Å². The molecule has 0 aromatic carbocycles. The first kappa shape index (κ1) is 13.5. The van der Waals surface area contributed by atoms with E-state index < -0.39 is 18.6 Å². The minimum atomic E-state index is -1.10. The zero-order valence-electron chi connectivity index (χ0n) is 9.46. The summed E-state index contributed by atoms with van der Waals surface area (Å²) >= 11 is 0. The van der Waals surface area contributed by atoms with E-state index in [2.05, 4.69) is 5.92 Å². The lowest BCUT2D eigenvalue weighted by Crippen LogP contribution is -2.42. The van der Waals surface area contributed by atoms with Crippen LogP contribution < -0.4 is 5.73 Å². The summed E-state index contributed by atoms with van der Waals surface area (Å²) in [4.78, 5) is 23.6. The molecular formula is C11H16N2O4. The van der Waals surface area contributed by atoms with Gasteiger partial charge in [-0.3, -0.25) is 9.59 Å². The molecule has 1 aliphatic heterocycles. The third-order valence-corrected chi connectivity index (χ3v) is 2.57. The van der Waals surface area contributed by atoms with E-state index in [9.17, 15) is 9.59 Å². The number of nitrogens with zero attached hydrogens (tertiary/aromatic N) is 1. The van der Waals surface area contributed by atoms with Crippen molar-refractivity contribution in [3.8, 4) is 12.3 Å². The summed E-state index contributed by atoms with van der Waals surface area (Å²) in [6.07, 6.45) is 5.63. The average molecular weight is 240 g/mol. The molecule has 0 spiro atoms. The van der Waals surface area contributed by atoms with Gasteiger partial charge < -0.3 is 20.5 Å². The maximum absolute atomic E-state index is 11.9. The summed E-state index contributed by atoms with van der Waals surface area (Å²) in [7, 11) is 0. The average Bonchev–Trinajstić information content (AvgIpc) is 2.75. The molecule has 3 N–H and O–H groups in total. The number of ether oxygens (including phenoxy) is 1. The van der Waals surface area contributed by atoms with Crippen LogP contribution in [0.4, 0.5) is 0 Å². The number of carbonyl (C=O) groups excluding carboxylic acids is 1. The molecule has 6 heteroatoms. The Morgan fingerprint density at radius 2 is 2.24 bits per heavy atom. The molecule has 17 heavy (non-hydrogen) atoms. The number of carboxylic acid groups (broad SMARTS) is 1. The van der Waals surface area contributed by atoms with Gasteiger partial charge in [-0.05, 0) is 12.8 Å². The highest BCUT2D eigenvalue weighted by atomic mass is 16.5. The number of hydrogen-bond donors (Lipinski definition) is 2. The van der Waals surface area contributed by atoms with Crippen molar-refractivity contribution in [3.63, 3.8) is 0 Å². The molecule has 0 radical (unpaired) electrons. The van der Waals surface area contributed by atoms with Crippen molar-refractivity contribution in [3.05, 3.63) is 0 Å². The first-order chi connectivity index (χ1) is 8.08. The second kappa shape index (κ2) is 6.23. The van der Waals surface area contributed by atoms with E-state index in [1.54, 1.807) is 0 Å². The predicted octanol–water partition coefficient (Wildman–Crippen LogP) is -0.961. The molecule has 1 saturated heterocycles. The topological polar surface area (TPSA) is 92.9 Å². The normalized spacial score (nSPS) is 23.1. The van der Waals surface area contributed by atoms with Gasteiger partial charge in [0.2, 0.25) is 0 Å². The Bertz CT molecular complexity index is 337. The number of amides is 1. The van der Waals surface area contributed by atoms with Crippen LogP contribution in [-0.2, 0) is 14.3 Å². The zero-order valence-corrected chi connectivity index (χ0v) is 9.46. The third kappa shape index (κ3) is 3.73. The number of hydrogen-bond acceptors (Lipinski definition) is 4. The number of terminal acetylenes is 1. The van der Waals surface area contributed by atoms with Crippen LogP contribution in [-0.4, -0.2) is 53.7 Å². The van der Waals surface area contributed by atoms with Gasteiger partial charge in [0, 0.05) is 6.54 Å². The van der Waals surface area contributed by atoms with Gasteiger partial charge in [-0.1, -0.05) is 5.92 Å². The monoisotopic (exact) mass is 240 g/mol. The summed E-state index contributed by atoms with van der Waals surface area (Å²) in [5.74, 6) is 0.795. The molecule has 0 bridgehead atoms. The van der Waals surface area contributed by atoms with Gasteiger partial charge in [0.05, 0.1) is 12.6 Å². The Morgan fingerprint density at radius 3 is 2.71 bits per heavy atom. The van der Waals surface area contributed by atoms with Gasteiger partial charge in [-0.2, -0.15) is 0 Å². The first-order valence-corrected chi connectivity index (χ1v) is 5.38. The van der Waals surface area contributed by atoms with Gasteiger partial charge in [0.1, 0.15) is 12.6 Å². The largest absolute Gasteiger partial charge is 0.480 e. The van der Waals surface area contributed by atoms with E-state index in [-0.39, 0.29) is 18.6 Å². The SMILES string of the molecule is C#CCN(CC(=O)O)C(=O)C1CCC(CN)O1. The standard InChI is InChI=1S/C11H16N2O4/c1-2-5-13(7-10(14)15)11(16)9-4-3-8(6-12)17-9/h1,8-9H,3-7,12H2,(H,14,15). The Hall–Kier alpha value is -1.58. The highest BCUT2D eigenvalue weighted by Crippen LogP contribution is 2.20. The number of carboxylic acids is 1. The Morgan fingerprint density at radius 1 is 1.53 bits per heavy atom. The molecule has 1 fully saturated rings. The highest BCUT2D eigenvalue weighted by Gasteiger charge is 2.33. The fraction of sp³-hybridized carbons (Fsp3) is 0.636. The van der Waals surface area contributed by atoms with Gasteiger partial charge in [-0.15, -0.1) is 6.42 Å². The van der Waals surface area contributed by atoms with Gasteiger partial charge >= 0.3 is 5.97 Å². The molecule has 2 unspecified atom stereocenters. The lowest BCUT2D eigenvalue weighted by molar-refractivity contribution is -0.149. The minimum absolute atomic E-state index is 0.0295. The van der Waals surface area contributed by atoms with Crippen LogP contribution >= 0.6 is 0 Å². The molecule has 0 aromatic heterocycles. The Kier molecular flexibility index (Phi) is 4.94. The van der Waals surface area contributed by atoms with Gasteiger partial charge in [-0.25, -0.2) is 0 Å². The fourth-order valence-electron chi connectivity index (χ4n) is 1.75. The molecule has 1 aliphatic rings. The number of rotatable bonds is 5. The lowest BCUT2D eigenvalue weighted by Gasteiger charge is -2.21. The van der Waals surface area contributed by atoms with Crippen LogP contribution in [0, 0.1) is 12.3 Å². The molecule has 1 heterocycles. The van der Waals surface area contributed by atoms with E-state index in [1.807, 2.05) is 0 Å². The van der Waals surface area contributed by atoms with Crippen LogP contribution in [0.2, 0.25) is 0 Å². The summed E-state index contributed by atoms with van der Waals surface area (Å²) in [6.45, 7) is -0.0771. The van der Waals surface area contributed by atoms with Crippen LogP contribution in [0.25, 0.3) is 0 Å². The van der Waals surface area contributed by atoms with E-state index in [1.165, 1.54) is 0 Å². The van der Waals surface area contributed by atoms with Crippen LogP contribution in [0.15, 0.2) is 0 Å². The summed E-state index contributed by atoms with van der Waals surface area (Å²) in [5, 5.41) is 8.68. The lowest BCUT2D eigenvalue weighted by atomic mass is 10.2. The maximum atomic E-state index is 11.9. The third-order valence-electron chi connectivity index (χ3n) is 2.57. The van der Waals surface area contributed by atoms with Crippen molar-refractivity contribution in [1.29, 1.82) is 0 Å². The molecule has 0 saturated carbocycles. The van der Waals surface area contributed by atoms with E-state index >= 15 is 0 Å². The number of carbonyl (C=O) groups is 2. The number of nitrogens with two attached hydrogens (primary N) is 1. The summed E-state index contributed by atoms with van der Waals surface area (Å²) in [5.41, 5.74) is 5.44. The quantitative estimate of drug-likeness (QED) is 0.604. The molecule has 0 aromatic rings. The van der Waals surface area contributed by atoms with Crippen molar-refractivity contribution in [2.24, 2.45) is 5.73 Å². The van der Waals surface area contributed by atoms with Gasteiger partial charge in [0.15, 0.2) is 0 Å². The van der Waals surface area contributed by atoms with Crippen LogP contribution in [0.3, 0.4) is 0 Å². The maximum Gasteiger partial charge on any atom is 0.323 e. The minimum Gasteiger partial charge on any atom is -0.480 e. The second-order valence-electron chi connectivity index (χ2n) is 3.85. The molecule has 94 valence electrons. The van der Waals surface area contributed by atoms with Crippen LogP contribution in [0.5, 0.6) is 0 Å². The van der Waals surface area contributed by atoms with Crippen molar-refractivity contribution in [1.82, 2.24) is 4.90 Å². The number of aliphatic carboxylic acids is 1. The smallest absolute Gasteiger partial charge is 0.323 e. The Balaban J connectivity index is 2.59. The first-order valence-electron chi connectivity index (χ1n) is 5.38. The molecule has 1 rings (SSSR count). The van der Waals surface area contributed by atoms with Crippen molar-refractivity contribution in [2.45, 2.75) is 25.0 Å². The molecular weight excluding hydrogens is 224 g/mol. The molecule has 6 nitrogen and oxygen atoms in total. The van der Waals surface area contributed by atoms with Crippen molar-refractivity contribution < 1.29 is 19.4 Å². The molecule has 2 atom stereocenters. The predicted molar refractivity (Wildman–Crippen MR) is 60.0 cm³/mol. The van der Waals surface area contributed by atoms with E-state index in [0.29, 0.717) is 19.4 Å². The van der Waals surface area contributed by atoms with Crippen molar-refractivity contribution in [2.75, 3.05) is 19.6 Å². The fourth-order valence-corrected chi connectivity index (χ4v) is 1.75. The molecule has 1 amide bonds. The summed E-state index contributed by atoms with van der Waals surface area (Å²) < 4.78 is 5.40. The second-order valence-corrected chi connectivity index (χ2v) is 3.85. The molecule has 0 aliphatic carbocycles. The van der Waals surface area contributed by atoms with Crippen molar-refractivity contribution >= 4 is 11.9 Å².